The van der Waals surface area contributed by atoms with Gasteiger partial charge in [-0.05, 0) is 36.6 Å². The van der Waals surface area contributed by atoms with Crippen LogP contribution in [0.15, 0.2) is 64.5 Å². The SMILES string of the molecule is N#Cc1cccc(S(=O)(=O)NN[C@@H](CCCN=C(N)N)C(=O)N[C@@H](Cc2ccccc2)C(N)=O)c1. The fourth-order valence-corrected chi connectivity index (χ4v) is 4.01. The third-order valence-corrected chi connectivity index (χ3v) is 6.11. The first-order valence-electron chi connectivity index (χ1n) is 10.6. The van der Waals surface area contributed by atoms with Crippen LogP contribution >= 0.6 is 0 Å². The Bertz CT molecular complexity index is 1190. The Morgan fingerprint density at radius 2 is 1.74 bits per heavy atom. The third kappa shape index (κ3) is 9.05. The smallest absolute Gasteiger partial charge is 0.253 e. The Balaban J connectivity index is 2.15. The molecule has 0 heterocycles. The monoisotopic (exact) mass is 500 g/mol. The second kappa shape index (κ2) is 13.0. The molecule has 0 aliphatic carbocycles. The van der Waals surface area contributed by atoms with E-state index in [1.54, 1.807) is 24.3 Å². The number of hydrogen-bond donors (Lipinski definition) is 6. The molecule has 2 amide bonds. The summed E-state index contributed by atoms with van der Waals surface area (Å²) in [6.45, 7) is 0.202. The van der Waals surface area contributed by atoms with Crippen LogP contribution in [0.1, 0.15) is 24.0 Å². The van der Waals surface area contributed by atoms with Crippen LogP contribution in [-0.4, -0.2) is 44.8 Å². The average molecular weight is 501 g/mol. The highest BCUT2D eigenvalue weighted by atomic mass is 32.2. The minimum absolute atomic E-state index is 0.117. The number of nitrogens with two attached hydrogens (primary N) is 3. The number of rotatable bonds is 13. The van der Waals surface area contributed by atoms with Crippen LogP contribution in [0.3, 0.4) is 0 Å². The van der Waals surface area contributed by atoms with Crippen molar-refractivity contribution in [1.82, 2.24) is 15.6 Å². The zero-order chi connectivity index (χ0) is 25.8. The first-order valence-corrected chi connectivity index (χ1v) is 12.1. The maximum absolute atomic E-state index is 13.0. The van der Waals surface area contributed by atoms with E-state index in [0.717, 1.165) is 5.56 Å². The number of sulfonamides is 1. The highest BCUT2D eigenvalue weighted by Gasteiger charge is 2.26. The molecule has 0 aromatic heterocycles. The zero-order valence-corrected chi connectivity index (χ0v) is 19.7. The van der Waals surface area contributed by atoms with Crippen molar-refractivity contribution in [2.24, 2.45) is 22.2 Å². The topological polar surface area (TPSA) is 219 Å². The van der Waals surface area contributed by atoms with Crippen molar-refractivity contribution in [2.75, 3.05) is 6.54 Å². The quantitative estimate of drug-likeness (QED) is 0.0862. The predicted molar refractivity (Wildman–Crippen MR) is 130 cm³/mol. The zero-order valence-electron chi connectivity index (χ0n) is 18.8. The number of carbonyl (C=O) groups is 2. The lowest BCUT2D eigenvalue weighted by Crippen LogP contribution is -2.56. The summed E-state index contributed by atoms with van der Waals surface area (Å²) in [5.74, 6) is -1.51. The molecule has 0 saturated heterocycles. The summed E-state index contributed by atoms with van der Waals surface area (Å²) in [5.41, 5.74) is 19.5. The van der Waals surface area contributed by atoms with Crippen LogP contribution in [0.25, 0.3) is 0 Å². The van der Waals surface area contributed by atoms with Gasteiger partial charge in [0.2, 0.25) is 11.8 Å². The summed E-state index contributed by atoms with van der Waals surface area (Å²) in [6, 6.07) is 14.1. The largest absolute Gasteiger partial charge is 0.370 e. The Morgan fingerprint density at radius 1 is 1.03 bits per heavy atom. The van der Waals surface area contributed by atoms with Crippen molar-refractivity contribution < 1.29 is 18.0 Å². The molecule has 0 aliphatic heterocycles. The molecule has 35 heavy (non-hydrogen) atoms. The van der Waals surface area contributed by atoms with Crippen LogP contribution in [-0.2, 0) is 26.0 Å². The van der Waals surface area contributed by atoms with Crippen LogP contribution in [0.4, 0.5) is 0 Å². The molecule has 0 saturated carbocycles. The van der Waals surface area contributed by atoms with Gasteiger partial charge in [-0.3, -0.25) is 14.6 Å². The second-order valence-electron chi connectivity index (χ2n) is 7.54. The van der Waals surface area contributed by atoms with Gasteiger partial charge in [0, 0.05) is 13.0 Å². The van der Waals surface area contributed by atoms with Gasteiger partial charge in [0.05, 0.1) is 16.5 Å². The number of nitriles is 1. The summed E-state index contributed by atoms with van der Waals surface area (Å²) < 4.78 is 25.3. The number of hydrogen-bond acceptors (Lipinski definition) is 7. The molecule has 0 radical (unpaired) electrons. The summed E-state index contributed by atoms with van der Waals surface area (Å²) in [7, 11) is -4.11. The van der Waals surface area contributed by atoms with Crippen LogP contribution in [0.5, 0.6) is 0 Å². The van der Waals surface area contributed by atoms with Crippen molar-refractivity contribution in [3.8, 4) is 6.07 Å². The number of aliphatic imine (C=N–C) groups is 1. The Kier molecular flexibility index (Phi) is 10.2. The van der Waals surface area contributed by atoms with Gasteiger partial charge in [-0.1, -0.05) is 36.4 Å². The maximum Gasteiger partial charge on any atom is 0.253 e. The van der Waals surface area contributed by atoms with Gasteiger partial charge in [-0.15, -0.1) is 4.83 Å². The van der Waals surface area contributed by atoms with Crippen LogP contribution in [0.2, 0.25) is 0 Å². The van der Waals surface area contributed by atoms with Crippen molar-refractivity contribution >= 4 is 27.8 Å². The molecule has 0 unspecified atom stereocenters. The van der Waals surface area contributed by atoms with E-state index in [-0.39, 0.29) is 35.8 Å². The van der Waals surface area contributed by atoms with E-state index in [0.29, 0.717) is 6.42 Å². The third-order valence-electron chi connectivity index (χ3n) is 4.85. The van der Waals surface area contributed by atoms with E-state index >= 15 is 0 Å². The number of guanidine groups is 1. The first kappa shape index (κ1) is 27.3. The number of primary amides is 1. The summed E-state index contributed by atoms with van der Waals surface area (Å²) in [5, 5.41) is 11.6. The highest BCUT2D eigenvalue weighted by Crippen LogP contribution is 2.11. The second-order valence-corrected chi connectivity index (χ2v) is 9.23. The number of hydrazine groups is 1. The molecule has 186 valence electrons. The maximum atomic E-state index is 13.0. The number of nitrogens with zero attached hydrogens (tertiary/aromatic N) is 2. The molecule has 9 N–H and O–H groups in total. The molecule has 0 aliphatic rings. The summed E-state index contributed by atoms with van der Waals surface area (Å²) >= 11 is 0. The van der Waals surface area contributed by atoms with Gasteiger partial charge in [0.15, 0.2) is 5.96 Å². The molecule has 2 atom stereocenters. The fraction of sp³-hybridized carbons (Fsp3) is 0.273. The van der Waals surface area contributed by atoms with Gasteiger partial charge in [0.1, 0.15) is 12.1 Å². The minimum Gasteiger partial charge on any atom is -0.370 e. The molecule has 2 aromatic rings. The number of nitrogens with one attached hydrogen (secondary N) is 3. The molecule has 2 rings (SSSR count). The molecule has 0 bridgehead atoms. The predicted octanol–water partition coefficient (Wildman–Crippen LogP) is -1.02. The molecule has 2 aromatic carbocycles. The molecule has 0 spiro atoms. The Labute approximate surface area is 203 Å². The van der Waals surface area contributed by atoms with Gasteiger partial charge in [0.25, 0.3) is 10.0 Å². The lowest BCUT2D eigenvalue weighted by atomic mass is 10.0. The van der Waals surface area contributed by atoms with E-state index in [9.17, 15) is 18.0 Å². The molecular weight excluding hydrogens is 472 g/mol. The number of benzene rings is 2. The normalized spacial score (nSPS) is 12.7. The van der Waals surface area contributed by atoms with E-state index in [1.165, 1.54) is 24.3 Å². The molecule has 0 fully saturated rings. The fourth-order valence-electron chi connectivity index (χ4n) is 3.06. The van der Waals surface area contributed by atoms with Crippen LogP contribution in [0, 0.1) is 11.3 Å². The number of amides is 2. The van der Waals surface area contributed by atoms with Crippen LogP contribution < -0.4 is 32.8 Å². The number of carbonyl (C=O) groups excluding carboxylic acids is 2. The van der Waals surface area contributed by atoms with Crippen molar-refractivity contribution in [1.29, 1.82) is 5.26 Å². The van der Waals surface area contributed by atoms with E-state index in [2.05, 4.69) is 20.6 Å². The molecule has 13 heteroatoms. The summed E-state index contributed by atoms with van der Waals surface area (Å²) in [6.07, 6.45) is 0.615. The van der Waals surface area contributed by atoms with Gasteiger partial charge in [-0.2, -0.15) is 5.26 Å². The van der Waals surface area contributed by atoms with E-state index < -0.39 is 33.9 Å². The van der Waals surface area contributed by atoms with Gasteiger partial charge < -0.3 is 22.5 Å². The lowest BCUT2D eigenvalue weighted by Gasteiger charge is -2.22. The Hall–Kier alpha value is -3.99. The van der Waals surface area contributed by atoms with Gasteiger partial charge in [-0.25, -0.2) is 13.8 Å². The lowest BCUT2D eigenvalue weighted by molar-refractivity contribution is -0.128. The van der Waals surface area contributed by atoms with Gasteiger partial charge >= 0.3 is 0 Å². The highest BCUT2D eigenvalue weighted by molar-refractivity contribution is 7.89. The average Bonchev–Trinajstić information content (AvgIpc) is 2.83. The molecule has 12 nitrogen and oxygen atoms in total. The van der Waals surface area contributed by atoms with Crippen molar-refractivity contribution in [3.63, 3.8) is 0 Å². The minimum atomic E-state index is -4.11. The van der Waals surface area contributed by atoms with Crippen molar-refractivity contribution in [3.05, 3.63) is 65.7 Å². The standard InChI is InChI=1S/C22H28N8O4S/c23-14-16-8-4-9-17(12-16)35(33,34)30-29-18(10-5-11-27-22(25)26)21(32)28-19(20(24)31)13-15-6-2-1-3-7-15/h1-4,6-9,12,18-19,29-30H,5,10-11,13H2,(H2,24,31)(H,28,32)(H4,25,26,27)/t18-,19-/m0/s1. The Morgan fingerprint density at radius 3 is 2.37 bits per heavy atom. The first-order chi connectivity index (χ1) is 16.6. The van der Waals surface area contributed by atoms with Crippen molar-refractivity contribution in [2.45, 2.75) is 36.2 Å². The summed E-state index contributed by atoms with van der Waals surface area (Å²) in [4.78, 5) is 30.8. The van der Waals surface area contributed by atoms with E-state index in [1.807, 2.05) is 12.1 Å². The van der Waals surface area contributed by atoms with E-state index in [4.69, 9.17) is 22.5 Å². The molecular formula is C22H28N8O4S.